The number of carbonyl (C=O) groups is 1. The molecule has 2 heterocycles. The summed E-state index contributed by atoms with van der Waals surface area (Å²) in [6, 6.07) is 5.71. The first-order valence-electron chi connectivity index (χ1n) is 7.79. The Morgan fingerprint density at radius 2 is 2.04 bits per heavy atom. The first kappa shape index (κ1) is 19.4. The third kappa shape index (κ3) is 5.87. The molecule has 0 atom stereocenters. The van der Waals surface area contributed by atoms with Crippen LogP contribution in [0.4, 0.5) is 13.2 Å². The SMILES string of the molecule is CCNC(=O)Cn1nc(-c2ccc(OCCC(F)(F)F)nc2)ccc1=O. The predicted molar refractivity (Wildman–Crippen MR) is 86.6 cm³/mol. The molecule has 2 aromatic rings. The number of nitrogens with one attached hydrogen (secondary N) is 1. The molecule has 0 spiro atoms. The molecule has 0 bridgehead atoms. The Morgan fingerprint density at radius 3 is 2.65 bits per heavy atom. The topological polar surface area (TPSA) is 86.1 Å². The fraction of sp³-hybridized carbons (Fsp3) is 0.375. The van der Waals surface area contributed by atoms with E-state index in [4.69, 9.17) is 4.74 Å². The first-order valence-corrected chi connectivity index (χ1v) is 7.79. The van der Waals surface area contributed by atoms with Crippen LogP contribution < -0.4 is 15.6 Å². The molecule has 1 amide bonds. The van der Waals surface area contributed by atoms with Gasteiger partial charge in [-0.15, -0.1) is 0 Å². The molecular formula is C16H17F3N4O3. The Bertz CT molecular complexity index is 804. The van der Waals surface area contributed by atoms with Crippen molar-refractivity contribution >= 4 is 5.91 Å². The number of hydrogen-bond acceptors (Lipinski definition) is 5. The highest BCUT2D eigenvalue weighted by molar-refractivity contribution is 5.75. The summed E-state index contributed by atoms with van der Waals surface area (Å²) in [4.78, 5) is 27.3. The molecule has 0 unspecified atom stereocenters. The van der Waals surface area contributed by atoms with Gasteiger partial charge < -0.3 is 10.1 Å². The molecule has 2 aromatic heterocycles. The van der Waals surface area contributed by atoms with Crippen molar-refractivity contribution in [2.45, 2.75) is 26.1 Å². The number of hydrogen-bond donors (Lipinski definition) is 1. The summed E-state index contributed by atoms with van der Waals surface area (Å²) in [6.45, 7) is 1.46. The highest BCUT2D eigenvalue weighted by Crippen LogP contribution is 2.21. The Morgan fingerprint density at radius 1 is 1.27 bits per heavy atom. The Labute approximate surface area is 146 Å². The number of carbonyl (C=O) groups excluding carboxylic acids is 1. The minimum atomic E-state index is -4.29. The molecule has 1 N–H and O–H groups in total. The van der Waals surface area contributed by atoms with Crippen LogP contribution in [0.2, 0.25) is 0 Å². The molecule has 0 aromatic carbocycles. The van der Waals surface area contributed by atoms with Crippen LogP contribution in [0.1, 0.15) is 13.3 Å². The van der Waals surface area contributed by atoms with Gasteiger partial charge in [0.05, 0.1) is 18.7 Å². The minimum absolute atomic E-state index is 0.0497. The van der Waals surface area contributed by atoms with Gasteiger partial charge in [-0.05, 0) is 19.1 Å². The van der Waals surface area contributed by atoms with Gasteiger partial charge in [-0.2, -0.15) is 18.3 Å². The smallest absolute Gasteiger partial charge is 0.392 e. The number of pyridine rings is 1. The highest BCUT2D eigenvalue weighted by Gasteiger charge is 2.26. The molecule has 2 rings (SSSR count). The second kappa shape index (κ2) is 8.45. The number of likely N-dealkylation sites (N-methyl/N-ethyl adjacent to an activating group) is 1. The van der Waals surface area contributed by atoms with Crippen molar-refractivity contribution in [1.29, 1.82) is 0 Å². The molecule has 0 aliphatic carbocycles. The zero-order chi connectivity index (χ0) is 19.2. The fourth-order valence-corrected chi connectivity index (χ4v) is 1.99. The van der Waals surface area contributed by atoms with Crippen LogP contribution in [0, 0.1) is 0 Å². The van der Waals surface area contributed by atoms with Crippen LogP contribution in [-0.4, -0.2) is 40.0 Å². The van der Waals surface area contributed by atoms with E-state index in [0.717, 1.165) is 4.68 Å². The monoisotopic (exact) mass is 370 g/mol. The number of rotatable bonds is 7. The molecule has 0 fully saturated rings. The largest absolute Gasteiger partial charge is 0.477 e. The molecule has 140 valence electrons. The van der Waals surface area contributed by atoms with E-state index in [0.29, 0.717) is 17.8 Å². The average molecular weight is 370 g/mol. The van der Waals surface area contributed by atoms with E-state index in [1.165, 1.54) is 24.4 Å². The zero-order valence-electron chi connectivity index (χ0n) is 13.9. The third-order valence-corrected chi connectivity index (χ3v) is 3.20. The maximum absolute atomic E-state index is 12.1. The van der Waals surface area contributed by atoms with Gasteiger partial charge in [-0.25, -0.2) is 9.67 Å². The van der Waals surface area contributed by atoms with Crippen molar-refractivity contribution in [2.75, 3.05) is 13.2 Å². The van der Waals surface area contributed by atoms with E-state index < -0.39 is 24.8 Å². The summed E-state index contributed by atoms with van der Waals surface area (Å²) < 4.78 is 42.2. The van der Waals surface area contributed by atoms with Gasteiger partial charge in [0.25, 0.3) is 5.56 Å². The number of alkyl halides is 3. The Balaban J connectivity index is 2.08. The molecule has 0 saturated heterocycles. The summed E-state index contributed by atoms with van der Waals surface area (Å²) in [5.41, 5.74) is 0.487. The summed E-state index contributed by atoms with van der Waals surface area (Å²) in [7, 11) is 0. The maximum atomic E-state index is 12.1. The molecular weight excluding hydrogens is 353 g/mol. The van der Waals surface area contributed by atoms with Crippen molar-refractivity contribution in [3.05, 3.63) is 40.8 Å². The molecule has 7 nitrogen and oxygen atoms in total. The first-order chi connectivity index (χ1) is 12.3. The van der Waals surface area contributed by atoms with E-state index in [2.05, 4.69) is 15.4 Å². The summed E-state index contributed by atoms with van der Waals surface area (Å²) in [6.07, 6.45) is -3.99. The van der Waals surface area contributed by atoms with Crippen LogP contribution in [0.3, 0.4) is 0 Å². The number of nitrogens with zero attached hydrogens (tertiary/aromatic N) is 3. The van der Waals surface area contributed by atoms with Gasteiger partial charge >= 0.3 is 6.18 Å². The number of ether oxygens (including phenoxy) is 1. The zero-order valence-corrected chi connectivity index (χ0v) is 13.9. The standard InChI is InChI=1S/C16H17F3N4O3/c1-2-20-13(24)10-23-15(25)6-4-12(22-23)11-3-5-14(21-9-11)26-8-7-16(17,18)19/h3-6,9H,2,7-8,10H2,1H3,(H,20,24). The van der Waals surface area contributed by atoms with Crippen molar-refractivity contribution in [3.63, 3.8) is 0 Å². The van der Waals surface area contributed by atoms with Crippen molar-refractivity contribution in [2.24, 2.45) is 0 Å². The van der Waals surface area contributed by atoms with Crippen LogP contribution in [0.15, 0.2) is 35.3 Å². The van der Waals surface area contributed by atoms with Crippen LogP contribution >= 0.6 is 0 Å². The summed E-state index contributed by atoms with van der Waals surface area (Å²) in [5, 5.41) is 6.67. The number of amides is 1. The second-order valence-corrected chi connectivity index (χ2v) is 5.27. The predicted octanol–water partition coefficient (Wildman–Crippen LogP) is 1.77. The molecule has 0 radical (unpaired) electrons. The average Bonchev–Trinajstić information content (AvgIpc) is 2.57. The third-order valence-electron chi connectivity index (χ3n) is 3.20. The highest BCUT2D eigenvalue weighted by atomic mass is 19.4. The van der Waals surface area contributed by atoms with Crippen molar-refractivity contribution < 1.29 is 22.7 Å². The van der Waals surface area contributed by atoms with Gasteiger partial charge in [0.2, 0.25) is 11.8 Å². The van der Waals surface area contributed by atoms with Gasteiger partial charge in [-0.3, -0.25) is 9.59 Å². The molecule has 10 heteroatoms. The van der Waals surface area contributed by atoms with E-state index >= 15 is 0 Å². The van der Waals surface area contributed by atoms with Gasteiger partial charge in [-0.1, -0.05) is 0 Å². The van der Waals surface area contributed by atoms with Crippen molar-refractivity contribution in [3.8, 4) is 17.1 Å². The lowest BCUT2D eigenvalue weighted by Crippen LogP contribution is -2.33. The van der Waals surface area contributed by atoms with Crippen LogP contribution in [0.25, 0.3) is 11.3 Å². The van der Waals surface area contributed by atoms with Gasteiger partial charge in [0.1, 0.15) is 6.54 Å². The van der Waals surface area contributed by atoms with E-state index in [-0.39, 0.29) is 18.3 Å². The number of halogens is 3. The number of aromatic nitrogens is 3. The van der Waals surface area contributed by atoms with Crippen molar-refractivity contribution in [1.82, 2.24) is 20.1 Å². The van der Waals surface area contributed by atoms with Crippen LogP contribution in [-0.2, 0) is 11.3 Å². The van der Waals surface area contributed by atoms with E-state index in [1.807, 2.05) is 0 Å². The summed E-state index contributed by atoms with van der Waals surface area (Å²) >= 11 is 0. The maximum Gasteiger partial charge on any atom is 0.392 e. The Hall–Kier alpha value is -2.91. The van der Waals surface area contributed by atoms with Crippen LogP contribution in [0.5, 0.6) is 5.88 Å². The lowest BCUT2D eigenvalue weighted by Gasteiger charge is -2.09. The fourth-order valence-electron chi connectivity index (χ4n) is 1.99. The minimum Gasteiger partial charge on any atom is -0.477 e. The summed E-state index contributed by atoms with van der Waals surface area (Å²) in [5.74, 6) is -0.292. The molecule has 0 aliphatic heterocycles. The lowest BCUT2D eigenvalue weighted by molar-refractivity contribution is -0.139. The van der Waals surface area contributed by atoms with E-state index in [1.54, 1.807) is 13.0 Å². The second-order valence-electron chi connectivity index (χ2n) is 5.27. The van der Waals surface area contributed by atoms with E-state index in [9.17, 15) is 22.8 Å². The quantitative estimate of drug-likeness (QED) is 0.803. The van der Waals surface area contributed by atoms with Gasteiger partial charge in [0, 0.05) is 30.4 Å². The molecule has 0 saturated carbocycles. The van der Waals surface area contributed by atoms with Gasteiger partial charge in [0.15, 0.2) is 0 Å². The molecule has 26 heavy (non-hydrogen) atoms. The lowest BCUT2D eigenvalue weighted by atomic mass is 10.2. The molecule has 0 aliphatic rings. The Kier molecular flexibility index (Phi) is 6.31. The normalized spacial score (nSPS) is 11.2.